The number of aryl methyl sites for hydroxylation is 1. The fraction of sp³-hybridized carbons (Fsp3) is 0.562. The molecule has 1 aromatic carbocycles. The molecule has 1 heterocycles. The Morgan fingerprint density at radius 2 is 1.84 bits per heavy atom. The number of hydrogen-bond acceptors (Lipinski definition) is 2. The lowest BCUT2D eigenvalue weighted by Crippen LogP contribution is -2.35. The maximum Gasteiger partial charge on any atom is 0.222 e. The summed E-state index contributed by atoms with van der Waals surface area (Å²) in [6.07, 6.45) is 6.18. The van der Waals surface area contributed by atoms with Crippen molar-refractivity contribution >= 4 is 5.91 Å². The Balaban J connectivity index is 1.71. The summed E-state index contributed by atoms with van der Waals surface area (Å²) in [6.45, 7) is 1.92. The Bertz CT molecular complexity index is 394. The lowest BCUT2D eigenvalue weighted by molar-refractivity contribution is -0.132. The molecule has 3 nitrogen and oxygen atoms in total. The molecule has 1 saturated heterocycles. The molecule has 19 heavy (non-hydrogen) atoms. The number of carbonyl (C=O) groups is 1. The quantitative estimate of drug-likeness (QED) is 0.815. The van der Waals surface area contributed by atoms with Gasteiger partial charge < -0.3 is 9.64 Å². The van der Waals surface area contributed by atoms with Gasteiger partial charge in [0.1, 0.15) is 5.75 Å². The van der Waals surface area contributed by atoms with Gasteiger partial charge in [-0.05, 0) is 49.8 Å². The predicted octanol–water partition coefficient (Wildman–Crippen LogP) is 3.03. The molecule has 3 heteroatoms. The highest BCUT2D eigenvalue weighted by molar-refractivity contribution is 5.76. The fourth-order valence-corrected chi connectivity index (χ4v) is 2.54. The highest BCUT2D eigenvalue weighted by Gasteiger charge is 2.15. The van der Waals surface area contributed by atoms with Crippen LogP contribution in [0, 0.1) is 0 Å². The third kappa shape index (κ3) is 4.27. The van der Waals surface area contributed by atoms with Crippen LogP contribution in [0.25, 0.3) is 0 Å². The first-order chi connectivity index (χ1) is 9.29. The normalized spacial score (nSPS) is 15.3. The summed E-state index contributed by atoms with van der Waals surface area (Å²) in [4.78, 5) is 14.0. The van der Waals surface area contributed by atoms with Crippen LogP contribution >= 0.6 is 0 Å². The van der Waals surface area contributed by atoms with E-state index in [-0.39, 0.29) is 0 Å². The minimum absolute atomic E-state index is 0.327. The van der Waals surface area contributed by atoms with Crippen molar-refractivity contribution in [3.8, 4) is 5.75 Å². The first-order valence-electron chi connectivity index (χ1n) is 7.20. The van der Waals surface area contributed by atoms with Crippen LogP contribution in [-0.2, 0) is 11.2 Å². The second kappa shape index (κ2) is 7.17. The Hall–Kier alpha value is -1.51. The van der Waals surface area contributed by atoms with Crippen LogP contribution in [0.3, 0.4) is 0 Å². The van der Waals surface area contributed by atoms with E-state index >= 15 is 0 Å². The van der Waals surface area contributed by atoms with Crippen molar-refractivity contribution < 1.29 is 9.53 Å². The number of amides is 1. The van der Waals surface area contributed by atoms with Gasteiger partial charge in [-0.1, -0.05) is 12.1 Å². The van der Waals surface area contributed by atoms with Crippen LogP contribution in [0.1, 0.15) is 37.7 Å². The van der Waals surface area contributed by atoms with Gasteiger partial charge in [-0.15, -0.1) is 0 Å². The average molecular weight is 261 g/mol. The number of nitrogens with zero attached hydrogens (tertiary/aromatic N) is 1. The molecule has 0 atom stereocenters. The van der Waals surface area contributed by atoms with Crippen molar-refractivity contribution in [2.75, 3.05) is 20.2 Å². The number of hydrogen-bond donors (Lipinski definition) is 0. The van der Waals surface area contributed by atoms with Crippen LogP contribution in [0.15, 0.2) is 24.3 Å². The van der Waals surface area contributed by atoms with E-state index in [1.807, 2.05) is 17.0 Å². The summed E-state index contributed by atoms with van der Waals surface area (Å²) >= 11 is 0. The highest BCUT2D eigenvalue weighted by Crippen LogP contribution is 2.15. The summed E-state index contributed by atoms with van der Waals surface area (Å²) in [5, 5.41) is 0. The molecule has 0 aromatic heterocycles. The lowest BCUT2D eigenvalue weighted by atomic mass is 10.1. The summed E-state index contributed by atoms with van der Waals surface area (Å²) < 4.78 is 5.13. The molecule has 1 aromatic rings. The van der Waals surface area contributed by atoms with Crippen LogP contribution < -0.4 is 4.74 Å². The first kappa shape index (κ1) is 13.9. The second-order valence-electron chi connectivity index (χ2n) is 5.14. The number of benzene rings is 1. The molecule has 0 spiro atoms. The van der Waals surface area contributed by atoms with Crippen molar-refractivity contribution in [1.82, 2.24) is 4.90 Å². The summed E-state index contributed by atoms with van der Waals surface area (Å²) in [6, 6.07) is 8.10. The van der Waals surface area contributed by atoms with Crippen LogP contribution in [-0.4, -0.2) is 31.0 Å². The van der Waals surface area contributed by atoms with Crippen molar-refractivity contribution in [3.63, 3.8) is 0 Å². The number of ether oxygens (including phenoxy) is 1. The van der Waals surface area contributed by atoms with Gasteiger partial charge in [-0.2, -0.15) is 0 Å². The first-order valence-corrected chi connectivity index (χ1v) is 7.20. The van der Waals surface area contributed by atoms with E-state index < -0.39 is 0 Å². The van der Waals surface area contributed by atoms with Gasteiger partial charge in [-0.3, -0.25) is 4.79 Å². The highest BCUT2D eigenvalue weighted by atomic mass is 16.5. The topological polar surface area (TPSA) is 29.5 Å². The van der Waals surface area contributed by atoms with E-state index in [4.69, 9.17) is 4.74 Å². The van der Waals surface area contributed by atoms with E-state index in [2.05, 4.69) is 12.1 Å². The van der Waals surface area contributed by atoms with E-state index in [0.717, 1.165) is 31.7 Å². The zero-order valence-corrected chi connectivity index (χ0v) is 11.7. The molecule has 0 aliphatic carbocycles. The Kier molecular flexibility index (Phi) is 5.25. The number of piperidine rings is 1. The summed E-state index contributed by atoms with van der Waals surface area (Å²) in [7, 11) is 1.67. The number of rotatable bonds is 5. The van der Waals surface area contributed by atoms with Crippen molar-refractivity contribution in [1.29, 1.82) is 0 Å². The van der Waals surface area contributed by atoms with Gasteiger partial charge in [0, 0.05) is 19.5 Å². The van der Waals surface area contributed by atoms with E-state index in [0.29, 0.717) is 12.3 Å². The van der Waals surface area contributed by atoms with Gasteiger partial charge in [0.05, 0.1) is 7.11 Å². The molecule has 104 valence electrons. The maximum absolute atomic E-state index is 12.0. The zero-order chi connectivity index (χ0) is 13.5. The van der Waals surface area contributed by atoms with Gasteiger partial charge in [0.15, 0.2) is 0 Å². The van der Waals surface area contributed by atoms with Gasteiger partial charge in [0.2, 0.25) is 5.91 Å². The van der Waals surface area contributed by atoms with Crippen molar-refractivity contribution in [2.24, 2.45) is 0 Å². The molecule has 0 saturated carbocycles. The molecule has 1 aliphatic heterocycles. The average Bonchev–Trinajstić information content (AvgIpc) is 2.49. The molecular formula is C16H23NO2. The smallest absolute Gasteiger partial charge is 0.222 e. The van der Waals surface area contributed by atoms with E-state index in [1.165, 1.54) is 24.8 Å². The van der Waals surface area contributed by atoms with Gasteiger partial charge >= 0.3 is 0 Å². The molecule has 1 fully saturated rings. The molecular weight excluding hydrogens is 238 g/mol. The predicted molar refractivity (Wildman–Crippen MR) is 76.4 cm³/mol. The van der Waals surface area contributed by atoms with Crippen molar-refractivity contribution in [2.45, 2.75) is 38.5 Å². The molecule has 0 bridgehead atoms. The van der Waals surface area contributed by atoms with E-state index in [1.54, 1.807) is 7.11 Å². The molecule has 0 N–H and O–H groups in total. The van der Waals surface area contributed by atoms with E-state index in [9.17, 15) is 4.79 Å². The number of methoxy groups -OCH3 is 1. The zero-order valence-electron chi connectivity index (χ0n) is 11.7. The third-order valence-electron chi connectivity index (χ3n) is 3.72. The van der Waals surface area contributed by atoms with Crippen LogP contribution in [0.4, 0.5) is 0 Å². The van der Waals surface area contributed by atoms with Gasteiger partial charge in [-0.25, -0.2) is 0 Å². The van der Waals surface area contributed by atoms with Crippen molar-refractivity contribution in [3.05, 3.63) is 29.8 Å². The van der Waals surface area contributed by atoms with Crippen LogP contribution in [0.2, 0.25) is 0 Å². The lowest BCUT2D eigenvalue weighted by Gasteiger charge is -2.26. The third-order valence-corrected chi connectivity index (χ3v) is 3.72. The minimum atomic E-state index is 0.327. The van der Waals surface area contributed by atoms with Gasteiger partial charge in [0.25, 0.3) is 0 Å². The Morgan fingerprint density at radius 3 is 2.47 bits per heavy atom. The van der Waals surface area contributed by atoms with Crippen LogP contribution in [0.5, 0.6) is 5.75 Å². The Morgan fingerprint density at radius 1 is 1.16 bits per heavy atom. The fourth-order valence-electron chi connectivity index (χ4n) is 2.54. The maximum atomic E-state index is 12.0. The molecule has 2 rings (SSSR count). The summed E-state index contributed by atoms with van der Waals surface area (Å²) in [5.74, 6) is 1.21. The second-order valence-corrected chi connectivity index (χ2v) is 5.14. The molecule has 0 radical (unpaired) electrons. The SMILES string of the molecule is COc1ccc(CCCC(=O)N2CCCCC2)cc1. The number of carbonyl (C=O) groups excluding carboxylic acids is 1. The summed E-state index contributed by atoms with van der Waals surface area (Å²) in [5.41, 5.74) is 1.27. The standard InChI is InChI=1S/C16H23NO2/c1-19-15-10-8-14(9-11-15)6-5-7-16(18)17-12-3-2-4-13-17/h8-11H,2-7,12-13H2,1H3. The molecule has 1 aliphatic rings. The molecule has 1 amide bonds. The minimum Gasteiger partial charge on any atom is -0.497 e. The largest absolute Gasteiger partial charge is 0.497 e. The molecule has 0 unspecified atom stereocenters. The monoisotopic (exact) mass is 261 g/mol. The Labute approximate surface area is 115 Å². The number of likely N-dealkylation sites (tertiary alicyclic amines) is 1.